The molecule has 0 spiro atoms. The highest BCUT2D eigenvalue weighted by Gasteiger charge is 2.21. The van der Waals surface area contributed by atoms with E-state index in [1.165, 1.54) is 0 Å². The van der Waals surface area contributed by atoms with E-state index in [9.17, 15) is 0 Å². The van der Waals surface area contributed by atoms with Crippen LogP contribution in [0.2, 0.25) is 0 Å². The highest BCUT2D eigenvalue weighted by atomic mass is 15.4. The second-order valence-corrected chi connectivity index (χ2v) is 4.24. The lowest BCUT2D eigenvalue weighted by atomic mass is 9.93. The van der Waals surface area contributed by atoms with Crippen LogP contribution in [-0.2, 0) is 0 Å². The Bertz CT molecular complexity index is 303. The van der Waals surface area contributed by atoms with Crippen molar-refractivity contribution >= 4 is 11.7 Å². The molecule has 0 bridgehead atoms. The summed E-state index contributed by atoms with van der Waals surface area (Å²) in [6, 6.07) is 0. The number of allylic oxidation sites excluding steroid dienone is 2. The largest absolute Gasteiger partial charge is 0.354 e. The Kier molecular flexibility index (Phi) is 3.66. The maximum atomic E-state index is 4.34. The Morgan fingerprint density at radius 2 is 2.20 bits per heavy atom. The number of hydrogen-bond donors (Lipinski definition) is 2. The summed E-state index contributed by atoms with van der Waals surface area (Å²) in [4.78, 5) is 4.34. The minimum absolute atomic E-state index is 0.217. The zero-order valence-electron chi connectivity index (χ0n) is 9.38. The lowest BCUT2D eigenvalue weighted by Crippen LogP contribution is -2.46. The Morgan fingerprint density at radius 3 is 2.67 bits per heavy atom. The third-order valence-electron chi connectivity index (χ3n) is 2.11. The highest BCUT2D eigenvalue weighted by Crippen LogP contribution is 2.15. The first-order valence-corrected chi connectivity index (χ1v) is 4.94. The normalized spacial score (nSPS) is 18.1. The van der Waals surface area contributed by atoms with Gasteiger partial charge in [0.1, 0.15) is 0 Å². The van der Waals surface area contributed by atoms with Gasteiger partial charge in [-0.05, 0) is 12.2 Å². The first-order chi connectivity index (χ1) is 7.07. The van der Waals surface area contributed by atoms with E-state index in [1.54, 1.807) is 12.2 Å². The van der Waals surface area contributed by atoms with Crippen LogP contribution in [0, 0.1) is 5.41 Å². The maximum absolute atomic E-state index is 4.34. The molecule has 82 valence electrons. The number of nitrogens with zero attached hydrogens (tertiary/aromatic N) is 2. The van der Waals surface area contributed by atoms with Gasteiger partial charge in [0.25, 0.3) is 0 Å². The lowest BCUT2D eigenvalue weighted by molar-refractivity contribution is 0.358. The van der Waals surface area contributed by atoms with Crippen molar-refractivity contribution in [3.05, 3.63) is 25.3 Å². The van der Waals surface area contributed by atoms with E-state index in [2.05, 4.69) is 47.8 Å². The van der Waals surface area contributed by atoms with Gasteiger partial charge in [-0.2, -0.15) is 5.10 Å². The summed E-state index contributed by atoms with van der Waals surface area (Å²) in [5.74, 6) is 0.704. The molecule has 0 atom stereocenters. The summed E-state index contributed by atoms with van der Waals surface area (Å²) in [6.45, 7) is 13.3. The highest BCUT2D eigenvalue weighted by molar-refractivity contribution is 6.03. The van der Waals surface area contributed by atoms with Crippen molar-refractivity contribution < 1.29 is 0 Å². The van der Waals surface area contributed by atoms with E-state index in [0.717, 1.165) is 13.1 Å². The van der Waals surface area contributed by atoms with E-state index < -0.39 is 0 Å². The molecular weight excluding hydrogens is 188 g/mol. The number of aliphatic imine (C=N–C) groups is 1. The average molecular weight is 206 g/mol. The van der Waals surface area contributed by atoms with E-state index >= 15 is 0 Å². The molecule has 0 fully saturated rings. The monoisotopic (exact) mass is 206 g/mol. The molecular formula is C11H18N4. The molecule has 0 amide bonds. The van der Waals surface area contributed by atoms with Crippen LogP contribution in [0.4, 0.5) is 0 Å². The van der Waals surface area contributed by atoms with Crippen molar-refractivity contribution in [1.29, 1.82) is 0 Å². The SMILES string of the molecule is C=CC(C=C)=NNC1=NCC(C)(C)CN1. The van der Waals surface area contributed by atoms with Crippen LogP contribution in [0.1, 0.15) is 13.8 Å². The van der Waals surface area contributed by atoms with Gasteiger partial charge in [-0.15, -0.1) is 0 Å². The zero-order chi connectivity index (χ0) is 11.3. The fourth-order valence-electron chi connectivity index (χ4n) is 1.09. The Labute approximate surface area is 90.9 Å². The van der Waals surface area contributed by atoms with Crippen LogP contribution in [0.5, 0.6) is 0 Å². The fourth-order valence-corrected chi connectivity index (χ4v) is 1.09. The zero-order valence-corrected chi connectivity index (χ0v) is 9.38. The number of rotatable bonds is 3. The molecule has 4 nitrogen and oxygen atoms in total. The maximum Gasteiger partial charge on any atom is 0.212 e. The molecule has 1 rings (SSSR count). The third-order valence-corrected chi connectivity index (χ3v) is 2.11. The molecule has 0 aromatic rings. The molecule has 0 saturated carbocycles. The van der Waals surface area contributed by atoms with Gasteiger partial charge in [0.15, 0.2) is 0 Å². The van der Waals surface area contributed by atoms with Gasteiger partial charge in [-0.3, -0.25) is 4.99 Å². The van der Waals surface area contributed by atoms with Gasteiger partial charge in [0.05, 0.1) is 5.71 Å². The molecule has 1 aliphatic rings. The van der Waals surface area contributed by atoms with Gasteiger partial charge >= 0.3 is 0 Å². The van der Waals surface area contributed by atoms with Gasteiger partial charge in [-0.1, -0.05) is 27.0 Å². The lowest BCUT2D eigenvalue weighted by Gasteiger charge is -2.28. The molecule has 2 N–H and O–H groups in total. The number of hydrogen-bond acceptors (Lipinski definition) is 4. The summed E-state index contributed by atoms with van der Waals surface area (Å²) in [7, 11) is 0. The topological polar surface area (TPSA) is 48.8 Å². The minimum atomic E-state index is 0.217. The molecule has 0 aliphatic carbocycles. The van der Waals surface area contributed by atoms with Gasteiger partial charge in [0, 0.05) is 18.5 Å². The van der Waals surface area contributed by atoms with E-state index in [1.807, 2.05) is 0 Å². The van der Waals surface area contributed by atoms with Crippen LogP contribution < -0.4 is 10.7 Å². The van der Waals surface area contributed by atoms with Crippen molar-refractivity contribution in [2.75, 3.05) is 13.1 Å². The number of nitrogens with one attached hydrogen (secondary N) is 2. The van der Waals surface area contributed by atoms with Crippen molar-refractivity contribution in [3.63, 3.8) is 0 Å². The Morgan fingerprint density at radius 1 is 1.53 bits per heavy atom. The van der Waals surface area contributed by atoms with Crippen LogP contribution >= 0.6 is 0 Å². The smallest absolute Gasteiger partial charge is 0.212 e. The second-order valence-electron chi connectivity index (χ2n) is 4.24. The quantitative estimate of drug-likeness (QED) is 0.540. The van der Waals surface area contributed by atoms with Crippen molar-refractivity contribution in [2.24, 2.45) is 15.5 Å². The summed E-state index contributed by atoms with van der Waals surface area (Å²) in [5.41, 5.74) is 3.76. The van der Waals surface area contributed by atoms with Crippen LogP contribution in [-0.4, -0.2) is 24.8 Å². The summed E-state index contributed by atoms with van der Waals surface area (Å²) < 4.78 is 0. The van der Waals surface area contributed by atoms with E-state index in [0.29, 0.717) is 11.7 Å². The molecule has 1 aliphatic heterocycles. The average Bonchev–Trinajstić information content (AvgIpc) is 2.21. The number of hydrazone groups is 1. The van der Waals surface area contributed by atoms with Gasteiger partial charge < -0.3 is 5.32 Å². The van der Waals surface area contributed by atoms with Crippen molar-refractivity contribution in [1.82, 2.24) is 10.7 Å². The van der Waals surface area contributed by atoms with Crippen LogP contribution in [0.15, 0.2) is 35.4 Å². The first-order valence-electron chi connectivity index (χ1n) is 4.94. The summed E-state index contributed by atoms with van der Waals surface area (Å²) >= 11 is 0. The molecule has 4 heteroatoms. The van der Waals surface area contributed by atoms with E-state index in [-0.39, 0.29) is 5.41 Å². The van der Waals surface area contributed by atoms with Crippen molar-refractivity contribution in [3.8, 4) is 0 Å². The second kappa shape index (κ2) is 4.77. The minimum Gasteiger partial charge on any atom is -0.354 e. The molecule has 0 radical (unpaired) electrons. The molecule has 1 heterocycles. The summed E-state index contributed by atoms with van der Waals surface area (Å²) in [6.07, 6.45) is 3.26. The molecule has 15 heavy (non-hydrogen) atoms. The fraction of sp³-hybridized carbons (Fsp3) is 0.455. The standard InChI is InChI=1S/C11H18N4/c1-5-9(6-2)14-15-10-12-7-11(3,4)8-13-10/h5-6H,1-2,7-8H2,3-4H3,(H2,12,13,15). The molecule has 0 aromatic heterocycles. The predicted molar refractivity (Wildman–Crippen MR) is 65.1 cm³/mol. The summed E-state index contributed by atoms with van der Waals surface area (Å²) in [5, 5.41) is 7.25. The molecule has 0 saturated heterocycles. The van der Waals surface area contributed by atoms with Crippen LogP contribution in [0.25, 0.3) is 0 Å². The third kappa shape index (κ3) is 3.58. The molecule has 0 unspecified atom stereocenters. The van der Waals surface area contributed by atoms with Gasteiger partial charge in [0.2, 0.25) is 5.96 Å². The first kappa shape index (κ1) is 11.5. The van der Waals surface area contributed by atoms with Crippen molar-refractivity contribution in [2.45, 2.75) is 13.8 Å². The van der Waals surface area contributed by atoms with E-state index in [4.69, 9.17) is 0 Å². The Balaban J connectivity index is 2.55. The Hall–Kier alpha value is -1.58. The molecule has 0 aromatic carbocycles. The van der Waals surface area contributed by atoms with Crippen LogP contribution in [0.3, 0.4) is 0 Å². The number of guanidine groups is 1. The van der Waals surface area contributed by atoms with Gasteiger partial charge in [-0.25, -0.2) is 5.43 Å². The predicted octanol–water partition coefficient (Wildman–Crippen LogP) is 1.29.